The number of sulfonamides is 1. The van der Waals surface area contributed by atoms with Crippen LogP contribution in [0.2, 0.25) is 0 Å². The molecule has 1 aliphatic rings. The van der Waals surface area contributed by atoms with Gasteiger partial charge in [-0.2, -0.15) is 4.31 Å². The number of primary amides is 1. The molecule has 2 aromatic rings. The molecule has 1 fully saturated rings. The van der Waals surface area contributed by atoms with Crippen LogP contribution in [-0.2, 0) is 28.4 Å². The quantitative estimate of drug-likeness (QED) is 0.710. The van der Waals surface area contributed by atoms with Gasteiger partial charge in [0.15, 0.2) is 0 Å². The van der Waals surface area contributed by atoms with Gasteiger partial charge in [-0.3, -0.25) is 9.59 Å². The number of carbonyl (C=O) groups excluding carboxylic acids is 2. The molecule has 0 saturated carbocycles. The smallest absolute Gasteiger partial charge is 0.265 e. The molecule has 1 aromatic heterocycles. The minimum Gasteiger partial charge on any atom is -0.364 e. The standard InChI is InChI=1S/C20H25FN4O4S/c1-13-3-4-14(9-17(13)21)11-23-20(27)15-5-7-25(8-6-15)30(28,29)16-10-18(19(22)26)24(2)12-16/h3-4,9-10,12,15H,5-8,11H2,1-2H3,(H2,22,26)(H,23,27). The molecule has 3 N–H and O–H groups in total. The number of amides is 2. The second-order valence-corrected chi connectivity index (χ2v) is 9.45. The molecule has 0 atom stereocenters. The summed E-state index contributed by atoms with van der Waals surface area (Å²) >= 11 is 0. The number of nitrogens with zero attached hydrogens (tertiary/aromatic N) is 2. The third-order valence-corrected chi connectivity index (χ3v) is 7.26. The highest BCUT2D eigenvalue weighted by atomic mass is 32.2. The minimum atomic E-state index is -3.78. The third-order valence-electron chi connectivity index (χ3n) is 5.40. The fraction of sp³-hybridized carbons (Fsp3) is 0.400. The van der Waals surface area contributed by atoms with Gasteiger partial charge >= 0.3 is 0 Å². The molecule has 2 heterocycles. The summed E-state index contributed by atoms with van der Waals surface area (Å²) in [4.78, 5) is 23.8. The van der Waals surface area contributed by atoms with Crippen molar-refractivity contribution in [2.45, 2.75) is 31.2 Å². The highest BCUT2D eigenvalue weighted by Crippen LogP contribution is 2.25. The van der Waals surface area contributed by atoms with Gasteiger partial charge in [-0.05, 0) is 43.0 Å². The van der Waals surface area contributed by atoms with E-state index in [4.69, 9.17) is 5.73 Å². The predicted molar refractivity (Wildman–Crippen MR) is 108 cm³/mol. The van der Waals surface area contributed by atoms with Crippen molar-refractivity contribution < 1.29 is 22.4 Å². The first kappa shape index (κ1) is 22.0. The maximum Gasteiger partial charge on any atom is 0.265 e. The molecule has 1 aromatic carbocycles. The van der Waals surface area contributed by atoms with Crippen LogP contribution in [-0.4, -0.2) is 42.2 Å². The summed E-state index contributed by atoms with van der Waals surface area (Å²) in [5.74, 6) is -1.52. The first-order valence-electron chi connectivity index (χ1n) is 9.58. The molecule has 10 heteroatoms. The van der Waals surface area contributed by atoms with E-state index in [0.29, 0.717) is 24.0 Å². The molecule has 2 amide bonds. The van der Waals surface area contributed by atoms with Gasteiger partial charge < -0.3 is 15.6 Å². The van der Waals surface area contributed by atoms with Gasteiger partial charge in [0.1, 0.15) is 16.4 Å². The first-order chi connectivity index (χ1) is 14.1. The maximum atomic E-state index is 13.6. The fourth-order valence-corrected chi connectivity index (χ4v) is 5.05. The van der Waals surface area contributed by atoms with E-state index in [-0.39, 0.29) is 47.9 Å². The lowest BCUT2D eigenvalue weighted by Crippen LogP contribution is -2.42. The number of piperidine rings is 1. The lowest BCUT2D eigenvalue weighted by Gasteiger charge is -2.30. The number of benzene rings is 1. The van der Waals surface area contributed by atoms with Crippen LogP contribution in [0, 0.1) is 18.7 Å². The predicted octanol–water partition coefficient (Wildman–Crippen LogP) is 1.29. The van der Waals surface area contributed by atoms with Crippen molar-refractivity contribution in [1.29, 1.82) is 0 Å². The highest BCUT2D eigenvalue weighted by molar-refractivity contribution is 7.89. The molecule has 30 heavy (non-hydrogen) atoms. The monoisotopic (exact) mass is 436 g/mol. The summed E-state index contributed by atoms with van der Waals surface area (Å²) in [6.07, 6.45) is 2.11. The van der Waals surface area contributed by atoms with Crippen LogP contribution in [0.25, 0.3) is 0 Å². The Balaban J connectivity index is 1.58. The van der Waals surface area contributed by atoms with Crippen LogP contribution in [0.15, 0.2) is 35.4 Å². The Hall–Kier alpha value is -2.72. The number of aromatic nitrogens is 1. The van der Waals surface area contributed by atoms with Crippen molar-refractivity contribution in [3.63, 3.8) is 0 Å². The van der Waals surface area contributed by atoms with Gasteiger partial charge in [-0.1, -0.05) is 12.1 Å². The molecule has 162 valence electrons. The molecular weight excluding hydrogens is 411 g/mol. The zero-order valence-electron chi connectivity index (χ0n) is 16.9. The summed E-state index contributed by atoms with van der Waals surface area (Å²) < 4.78 is 42.0. The number of aryl methyl sites for hydroxylation is 2. The number of rotatable bonds is 6. The molecule has 0 spiro atoms. The molecule has 1 saturated heterocycles. The molecule has 0 unspecified atom stereocenters. The minimum absolute atomic E-state index is 0.00287. The zero-order valence-corrected chi connectivity index (χ0v) is 17.7. The Bertz CT molecular complexity index is 1070. The average molecular weight is 437 g/mol. The van der Waals surface area contributed by atoms with Crippen molar-refractivity contribution in [2.75, 3.05) is 13.1 Å². The lowest BCUT2D eigenvalue weighted by atomic mass is 9.97. The number of carbonyl (C=O) groups is 2. The van der Waals surface area contributed by atoms with Crippen LogP contribution >= 0.6 is 0 Å². The summed E-state index contributed by atoms with van der Waals surface area (Å²) in [6.45, 7) is 2.28. The van der Waals surface area contributed by atoms with E-state index in [1.54, 1.807) is 26.1 Å². The summed E-state index contributed by atoms with van der Waals surface area (Å²) in [7, 11) is -2.23. The van der Waals surface area contributed by atoms with Gasteiger partial charge in [-0.25, -0.2) is 12.8 Å². The van der Waals surface area contributed by atoms with Crippen LogP contribution in [0.5, 0.6) is 0 Å². The van der Waals surface area contributed by atoms with Crippen molar-refractivity contribution >= 4 is 21.8 Å². The Kier molecular flexibility index (Phi) is 6.27. The third kappa shape index (κ3) is 4.54. The fourth-order valence-electron chi connectivity index (χ4n) is 3.51. The first-order valence-corrected chi connectivity index (χ1v) is 11.0. The van der Waals surface area contributed by atoms with Gasteiger partial charge in [0.2, 0.25) is 15.9 Å². The Morgan fingerprint density at radius 1 is 1.23 bits per heavy atom. The van der Waals surface area contributed by atoms with Crippen molar-refractivity contribution in [1.82, 2.24) is 14.2 Å². The summed E-state index contributed by atoms with van der Waals surface area (Å²) in [6, 6.07) is 6.07. The van der Waals surface area contributed by atoms with Crippen LogP contribution < -0.4 is 11.1 Å². The number of hydrogen-bond acceptors (Lipinski definition) is 4. The van der Waals surface area contributed by atoms with Gasteiger partial charge in [0.05, 0.1) is 0 Å². The molecule has 8 nitrogen and oxygen atoms in total. The number of nitrogens with one attached hydrogen (secondary N) is 1. The van der Waals surface area contributed by atoms with Gasteiger partial charge in [0, 0.05) is 38.8 Å². The topological polar surface area (TPSA) is 114 Å². The largest absolute Gasteiger partial charge is 0.364 e. The van der Waals surface area contributed by atoms with E-state index in [1.165, 1.54) is 27.2 Å². The van der Waals surface area contributed by atoms with E-state index >= 15 is 0 Å². The van der Waals surface area contributed by atoms with Gasteiger partial charge in [-0.15, -0.1) is 0 Å². The van der Waals surface area contributed by atoms with Crippen LogP contribution in [0.3, 0.4) is 0 Å². The average Bonchev–Trinajstić information content (AvgIpc) is 3.11. The van der Waals surface area contributed by atoms with E-state index in [2.05, 4.69) is 5.32 Å². The molecule has 0 aliphatic carbocycles. The SMILES string of the molecule is Cc1ccc(CNC(=O)C2CCN(S(=O)(=O)c3cc(C(N)=O)n(C)c3)CC2)cc1F. The van der Waals surface area contributed by atoms with Crippen molar-refractivity contribution in [3.8, 4) is 0 Å². The summed E-state index contributed by atoms with van der Waals surface area (Å²) in [5, 5.41) is 2.80. The second kappa shape index (κ2) is 8.57. The van der Waals surface area contributed by atoms with Crippen LogP contribution in [0.1, 0.15) is 34.5 Å². The molecule has 0 bridgehead atoms. The Morgan fingerprint density at radius 2 is 1.90 bits per heavy atom. The van der Waals surface area contributed by atoms with E-state index < -0.39 is 15.9 Å². The molecule has 3 rings (SSSR count). The normalized spacial score (nSPS) is 15.8. The van der Waals surface area contributed by atoms with E-state index in [1.807, 2.05) is 0 Å². The Labute approximate surface area is 174 Å². The van der Waals surface area contributed by atoms with Crippen LogP contribution in [0.4, 0.5) is 4.39 Å². The lowest BCUT2D eigenvalue weighted by molar-refractivity contribution is -0.126. The Morgan fingerprint density at radius 3 is 2.47 bits per heavy atom. The van der Waals surface area contributed by atoms with E-state index in [0.717, 1.165) is 0 Å². The van der Waals surface area contributed by atoms with E-state index in [9.17, 15) is 22.4 Å². The van der Waals surface area contributed by atoms with Gasteiger partial charge in [0.25, 0.3) is 5.91 Å². The number of halogens is 1. The molecule has 0 radical (unpaired) electrons. The zero-order chi connectivity index (χ0) is 22.1. The number of nitrogens with two attached hydrogens (primary N) is 1. The highest BCUT2D eigenvalue weighted by Gasteiger charge is 2.33. The summed E-state index contributed by atoms with van der Waals surface area (Å²) in [5.41, 5.74) is 6.57. The maximum absolute atomic E-state index is 13.6. The second-order valence-electron chi connectivity index (χ2n) is 7.52. The molecular formula is C20H25FN4O4S. The van der Waals surface area contributed by atoms with Crippen molar-refractivity contribution in [2.24, 2.45) is 18.7 Å². The van der Waals surface area contributed by atoms with Crippen molar-refractivity contribution in [3.05, 3.63) is 53.1 Å². The molecule has 1 aliphatic heterocycles. The number of hydrogen-bond donors (Lipinski definition) is 2.